The fourth-order valence-electron chi connectivity index (χ4n) is 6.72. The van der Waals surface area contributed by atoms with Crippen LogP contribution in [0.1, 0.15) is 55.8 Å². The van der Waals surface area contributed by atoms with Crippen molar-refractivity contribution in [2.75, 3.05) is 45.9 Å². The van der Waals surface area contributed by atoms with E-state index in [1.807, 2.05) is 12.1 Å². The number of hydrogen-bond donors (Lipinski definition) is 1. The number of benzene rings is 3. The minimum atomic E-state index is -4.82. The van der Waals surface area contributed by atoms with Crippen LogP contribution in [0.15, 0.2) is 107 Å². The Morgan fingerprint density at radius 3 is 1.88 bits per heavy atom. The molecule has 3 aromatic rings. The SMILES string of the molecule is CCOC(=O)C1=C(C)NC(C)=C(C(=O)OCCCN2CCN(C(c3ccccc3)c3ccccc3)CC2)C1c1ccccc1OC(F)(F)C(F)F. The average Bonchev–Trinajstić information content (AvgIpc) is 3.11. The van der Waals surface area contributed by atoms with Crippen LogP contribution in [0.5, 0.6) is 5.75 Å². The third-order valence-corrected chi connectivity index (χ3v) is 9.06. The molecule has 0 saturated carbocycles. The summed E-state index contributed by atoms with van der Waals surface area (Å²) >= 11 is 0. The number of nitrogens with one attached hydrogen (secondary N) is 1. The van der Waals surface area contributed by atoms with Crippen LogP contribution in [0.2, 0.25) is 0 Å². The van der Waals surface area contributed by atoms with Gasteiger partial charge in [0.05, 0.1) is 36.3 Å². The number of nitrogens with zero attached hydrogens (tertiary/aromatic N) is 2. The lowest BCUT2D eigenvalue weighted by Crippen LogP contribution is -2.48. The first kappa shape index (κ1) is 37.6. The van der Waals surface area contributed by atoms with E-state index in [0.29, 0.717) is 24.4 Å². The molecule has 2 heterocycles. The number of halogens is 4. The van der Waals surface area contributed by atoms with Crippen LogP contribution in [0.25, 0.3) is 0 Å². The van der Waals surface area contributed by atoms with Gasteiger partial charge in [0.1, 0.15) is 5.75 Å². The third kappa shape index (κ3) is 8.98. The van der Waals surface area contributed by atoms with E-state index in [9.17, 15) is 27.2 Å². The summed E-state index contributed by atoms with van der Waals surface area (Å²) in [5.74, 6) is -3.49. The van der Waals surface area contributed by atoms with E-state index in [4.69, 9.17) is 9.47 Å². The monoisotopic (exact) mass is 709 g/mol. The van der Waals surface area contributed by atoms with Gasteiger partial charge in [-0.2, -0.15) is 17.6 Å². The molecule has 2 aliphatic heterocycles. The third-order valence-electron chi connectivity index (χ3n) is 9.06. The maximum absolute atomic E-state index is 14.1. The number of ether oxygens (including phenoxy) is 3. The average molecular weight is 710 g/mol. The van der Waals surface area contributed by atoms with Crippen molar-refractivity contribution in [3.05, 3.63) is 124 Å². The van der Waals surface area contributed by atoms with E-state index in [2.05, 4.69) is 68.4 Å². The van der Waals surface area contributed by atoms with Crippen LogP contribution in [-0.2, 0) is 19.1 Å². The van der Waals surface area contributed by atoms with Crippen LogP contribution in [0.3, 0.4) is 0 Å². The molecular weight excluding hydrogens is 666 g/mol. The second kappa shape index (κ2) is 17.0. The van der Waals surface area contributed by atoms with E-state index in [-0.39, 0.29) is 36.0 Å². The van der Waals surface area contributed by atoms with Crippen LogP contribution in [-0.4, -0.2) is 80.2 Å². The number of allylic oxidation sites excluding steroid dienone is 2. The van der Waals surface area contributed by atoms with Crippen molar-refractivity contribution in [2.24, 2.45) is 0 Å². The smallest absolute Gasteiger partial charge is 0.461 e. The first-order valence-corrected chi connectivity index (χ1v) is 17.0. The summed E-state index contributed by atoms with van der Waals surface area (Å²) < 4.78 is 70.1. The van der Waals surface area contributed by atoms with Crippen molar-refractivity contribution in [3.63, 3.8) is 0 Å². The van der Waals surface area contributed by atoms with Gasteiger partial charge in [-0.3, -0.25) is 4.90 Å². The predicted octanol–water partition coefficient (Wildman–Crippen LogP) is 7.06. The van der Waals surface area contributed by atoms with Crippen molar-refractivity contribution >= 4 is 11.9 Å². The summed E-state index contributed by atoms with van der Waals surface area (Å²) in [5, 5.41) is 3.00. The number of para-hydroxylation sites is 1. The van der Waals surface area contributed by atoms with Crippen molar-refractivity contribution in [3.8, 4) is 5.75 Å². The van der Waals surface area contributed by atoms with Crippen LogP contribution in [0, 0.1) is 0 Å². The van der Waals surface area contributed by atoms with Crippen molar-refractivity contribution in [2.45, 2.75) is 51.7 Å². The number of carbonyl (C=O) groups excluding carboxylic acids is 2. The molecule has 1 unspecified atom stereocenters. The number of alkyl halides is 4. The van der Waals surface area contributed by atoms with Gasteiger partial charge in [-0.1, -0.05) is 78.9 Å². The number of esters is 2. The number of carbonyl (C=O) groups is 2. The fraction of sp³-hybridized carbons (Fsp3) is 0.385. The highest BCUT2D eigenvalue weighted by atomic mass is 19.3. The Labute approximate surface area is 295 Å². The highest BCUT2D eigenvalue weighted by Crippen LogP contribution is 2.44. The van der Waals surface area contributed by atoms with E-state index in [1.54, 1.807) is 20.8 Å². The van der Waals surface area contributed by atoms with Gasteiger partial charge in [0, 0.05) is 49.7 Å². The Bertz CT molecular complexity index is 1670. The van der Waals surface area contributed by atoms with Gasteiger partial charge in [0.15, 0.2) is 0 Å². The zero-order valence-corrected chi connectivity index (χ0v) is 28.9. The van der Waals surface area contributed by atoms with Gasteiger partial charge in [-0.15, -0.1) is 0 Å². The van der Waals surface area contributed by atoms with E-state index >= 15 is 0 Å². The molecule has 12 heteroatoms. The molecule has 0 aliphatic carbocycles. The quantitative estimate of drug-likeness (QED) is 0.108. The Morgan fingerprint density at radius 2 is 1.33 bits per heavy atom. The highest BCUT2D eigenvalue weighted by Gasteiger charge is 2.46. The minimum Gasteiger partial charge on any atom is -0.463 e. The molecule has 1 N–H and O–H groups in total. The highest BCUT2D eigenvalue weighted by molar-refractivity contribution is 6.00. The second-order valence-electron chi connectivity index (χ2n) is 12.4. The summed E-state index contributed by atoms with van der Waals surface area (Å²) in [6.45, 7) is 8.84. The Balaban J connectivity index is 1.26. The predicted molar refractivity (Wildman–Crippen MR) is 184 cm³/mol. The largest absolute Gasteiger partial charge is 0.463 e. The molecule has 5 rings (SSSR count). The molecular formula is C39H43F4N3O5. The van der Waals surface area contributed by atoms with Crippen molar-refractivity contribution < 1.29 is 41.4 Å². The lowest BCUT2D eigenvalue weighted by molar-refractivity contribution is -0.253. The number of piperazine rings is 1. The Hall–Kier alpha value is -4.68. The maximum atomic E-state index is 14.1. The molecule has 272 valence electrons. The first-order chi connectivity index (χ1) is 24.5. The van der Waals surface area contributed by atoms with Gasteiger partial charge in [-0.25, -0.2) is 9.59 Å². The van der Waals surface area contributed by atoms with Crippen LogP contribution < -0.4 is 10.1 Å². The van der Waals surface area contributed by atoms with Gasteiger partial charge in [-0.05, 0) is 44.4 Å². The summed E-state index contributed by atoms with van der Waals surface area (Å²) in [5.41, 5.74) is 2.91. The van der Waals surface area contributed by atoms with Crippen LogP contribution in [0.4, 0.5) is 17.6 Å². The molecule has 51 heavy (non-hydrogen) atoms. The van der Waals surface area contributed by atoms with Gasteiger partial charge in [0.25, 0.3) is 0 Å². The molecule has 1 atom stereocenters. The van der Waals surface area contributed by atoms with E-state index < -0.39 is 36.1 Å². The molecule has 0 radical (unpaired) electrons. The maximum Gasteiger partial charge on any atom is 0.461 e. The number of dihydropyridines is 1. The Kier molecular flexibility index (Phi) is 12.5. The zero-order chi connectivity index (χ0) is 36.5. The van der Waals surface area contributed by atoms with E-state index in [0.717, 1.165) is 32.2 Å². The Morgan fingerprint density at radius 1 is 0.804 bits per heavy atom. The standard InChI is InChI=1S/C39H43F4N3O5/c1-4-49-36(47)32-26(2)44-27(3)33(34(32)30-18-11-12-19-31(30)51-39(42,43)38(40)41)37(48)50-25-13-20-45-21-23-46(24-22-45)35(28-14-7-5-8-15-28)29-16-9-6-10-17-29/h5-12,14-19,34-35,38,44H,4,13,20-25H2,1-3H3. The van der Waals surface area contributed by atoms with Gasteiger partial charge < -0.3 is 24.4 Å². The lowest BCUT2D eigenvalue weighted by Gasteiger charge is -2.39. The topological polar surface area (TPSA) is 80.3 Å². The minimum absolute atomic E-state index is 0.000162. The van der Waals surface area contributed by atoms with Crippen molar-refractivity contribution in [1.82, 2.24) is 15.1 Å². The molecule has 0 spiro atoms. The fourth-order valence-corrected chi connectivity index (χ4v) is 6.72. The zero-order valence-electron chi connectivity index (χ0n) is 28.9. The lowest BCUT2D eigenvalue weighted by atomic mass is 9.80. The normalized spacial score (nSPS) is 17.5. The molecule has 3 aromatic carbocycles. The molecule has 1 fully saturated rings. The summed E-state index contributed by atoms with van der Waals surface area (Å²) in [6.07, 6.45) is -8.41. The van der Waals surface area contributed by atoms with Gasteiger partial charge in [0.2, 0.25) is 0 Å². The van der Waals surface area contributed by atoms with Crippen molar-refractivity contribution in [1.29, 1.82) is 0 Å². The summed E-state index contributed by atoms with van der Waals surface area (Å²) in [4.78, 5) is 31.8. The first-order valence-electron chi connectivity index (χ1n) is 17.0. The molecule has 2 aliphatic rings. The number of hydrogen-bond acceptors (Lipinski definition) is 8. The summed E-state index contributed by atoms with van der Waals surface area (Å²) in [6, 6.07) is 26.2. The molecule has 0 aromatic heterocycles. The molecule has 1 saturated heterocycles. The van der Waals surface area contributed by atoms with Crippen LogP contribution >= 0.6 is 0 Å². The number of rotatable bonds is 14. The van der Waals surface area contributed by atoms with E-state index in [1.165, 1.54) is 29.3 Å². The van der Waals surface area contributed by atoms with Gasteiger partial charge >= 0.3 is 24.5 Å². The summed E-state index contributed by atoms with van der Waals surface area (Å²) in [7, 11) is 0. The molecule has 8 nitrogen and oxygen atoms in total. The second-order valence-corrected chi connectivity index (χ2v) is 12.4. The molecule has 0 bridgehead atoms. The molecule has 0 amide bonds.